The molecule has 1 amide bonds. The normalized spacial score (nSPS) is 12.6. The van der Waals surface area contributed by atoms with Gasteiger partial charge in [-0.25, -0.2) is 9.31 Å². The smallest absolute Gasteiger partial charge is 0.418 e. The molecule has 0 aliphatic heterocycles. The first-order valence-electron chi connectivity index (χ1n) is 10.2. The fourth-order valence-corrected chi connectivity index (χ4v) is 2.94. The van der Waals surface area contributed by atoms with E-state index in [2.05, 4.69) is 20.7 Å². The Kier molecular flexibility index (Phi) is 6.16. The fourth-order valence-electron chi connectivity index (χ4n) is 2.94. The van der Waals surface area contributed by atoms with Crippen LogP contribution in [0.15, 0.2) is 66.9 Å². The van der Waals surface area contributed by atoms with Gasteiger partial charge in [0.1, 0.15) is 0 Å². The number of fused-ring (bicyclic) bond motifs is 1. The summed E-state index contributed by atoms with van der Waals surface area (Å²) in [6.45, 7) is 0. The lowest BCUT2D eigenvalue weighted by Gasteiger charge is -2.12. The van der Waals surface area contributed by atoms with E-state index < -0.39 is 17.8 Å². The van der Waals surface area contributed by atoms with E-state index >= 15 is 0 Å². The van der Waals surface area contributed by atoms with Crippen LogP contribution in [0.25, 0.3) is 16.8 Å². The molecular formula is C23H20F3N5O2. The standard InChI is InChI=1S/C20H14F3N5O2.C3H6/c21-20(22,23)15-3-1-2-4-16(15)25-18-26-17-10-7-13(11-28(17)27-18)12-5-8-14(9-6-12)24-19(29)30;1-2-3-1/h1-11,24H,(H,25,27)(H,29,30);1-3H2. The van der Waals surface area contributed by atoms with Crippen molar-refractivity contribution in [3.05, 3.63) is 72.4 Å². The molecule has 0 bridgehead atoms. The SMILES string of the molecule is C1CC1.O=C(O)Nc1ccc(-c2ccc3nc(Nc4ccccc4C(F)(F)F)nn3c2)cc1. The van der Waals surface area contributed by atoms with Crippen LogP contribution >= 0.6 is 0 Å². The zero-order valence-corrected chi connectivity index (χ0v) is 17.3. The summed E-state index contributed by atoms with van der Waals surface area (Å²) in [6, 6.07) is 15.3. The van der Waals surface area contributed by atoms with Crippen LogP contribution in [0.4, 0.5) is 35.3 Å². The second kappa shape index (κ2) is 9.19. The highest BCUT2D eigenvalue weighted by molar-refractivity contribution is 5.83. The van der Waals surface area contributed by atoms with Crippen LogP contribution in [0.3, 0.4) is 0 Å². The summed E-state index contributed by atoms with van der Waals surface area (Å²) in [5, 5.41) is 17.8. The minimum atomic E-state index is -4.50. The van der Waals surface area contributed by atoms with Gasteiger partial charge in [0, 0.05) is 17.4 Å². The zero-order chi connectivity index (χ0) is 23.4. The average Bonchev–Trinajstić information content (AvgIpc) is 3.60. The summed E-state index contributed by atoms with van der Waals surface area (Å²) in [7, 11) is 0. The molecular weight excluding hydrogens is 435 g/mol. The van der Waals surface area contributed by atoms with Crippen molar-refractivity contribution in [3.63, 3.8) is 0 Å². The van der Waals surface area contributed by atoms with Gasteiger partial charge in [0.15, 0.2) is 5.65 Å². The van der Waals surface area contributed by atoms with Crippen LogP contribution in [-0.4, -0.2) is 25.8 Å². The van der Waals surface area contributed by atoms with Crippen LogP contribution in [0.2, 0.25) is 0 Å². The Labute approximate surface area is 186 Å². The highest BCUT2D eigenvalue weighted by Gasteiger charge is 2.33. The van der Waals surface area contributed by atoms with E-state index in [1.165, 1.54) is 42.0 Å². The third kappa shape index (κ3) is 5.79. The number of nitrogens with zero attached hydrogens (tertiary/aromatic N) is 3. The minimum Gasteiger partial charge on any atom is -0.465 e. The van der Waals surface area contributed by atoms with Crippen molar-refractivity contribution in [2.24, 2.45) is 0 Å². The molecule has 1 fully saturated rings. The van der Waals surface area contributed by atoms with Gasteiger partial charge in [0.05, 0.1) is 11.3 Å². The van der Waals surface area contributed by atoms with Gasteiger partial charge in [-0.05, 0) is 42.0 Å². The van der Waals surface area contributed by atoms with E-state index in [-0.39, 0.29) is 11.6 Å². The number of benzene rings is 2. The van der Waals surface area contributed by atoms with Crippen molar-refractivity contribution >= 4 is 29.1 Å². The maximum absolute atomic E-state index is 13.2. The molecule has 0 spiro atoms. The number of hydrogen-bond acceptors (Lipinski definition) is 4. The van der Waals surface area contributed by atoms with E-state index in [9.17, 15) is 18.0 Å². The number of aromatic nitrogens is 3. The van der Waals surface area contributed by atoms with Crippen LogP contribution in [0.1, 0.15) is 24.8 Å². The van der Waals surface area contributed by atoms with E-state index in [1.54, 1.807) is 42.6 Å². The van der Waals surface area contributed by atoms with Crippen molar-refractivity contribution in [3.8, 4) is 11.1 Å². The molecule has 7 nitrogen and oxygen atoms in total. The number of hydrogen-bond donors (Lipinski definition) is 3. The Morgan fingerprint density at radius 3 is 2.24 bits per heavy atom. The quantitative estimate of drug-likeness (QED) is 0.330. The molecule has 0 atom stereocenters. The molecule has 0 unspecified atom stereocenters. The van der Waals surface area contributed by atoms with Crippen molar-refractivity contribution in [2.75, 3.05) is 10.6 Å². The summed E-state index contributed by atoms with van der Waals surface area (Å²) in [4.78, 5) is 14.9. The van der Waals surface area contributed by atoms with Crippen LogP contribution in [-0.2, 0) is 6.18 Å². The van der Waals surface area contributed by atoms with Gasteiger partial charge in [-0.15, -0.1) is 5.10 Å². The van der Waals surface area contributed by atoms with Crippen LogP contribution < -0.4 is 10.6 Å². The molecule has 1 saturated carbocycles. The molecule has 0 saturated heterocycles. The first kappa shape index (κ1) is 22.1. The van der Waals surface area contributed by atoms with E-state index in [1.807, 2.05) is 0 Å². The maximum Gasteiger partial charge on any atom is 0.418 e. The number of carboxylic acid groups (broad SMARTS) is 1. The van der Waals surface area contributed by atoms with Crippen molar-refractivity contribution in [2.45, 2.75) is 25.4 Å². The Morgan fingerprint density at radius 2 is 1.61 bits per heavy atom. The van der Waals surface area contributed by atoms with Gasteiger partial charge in [-0.1, -0.05) is 43.5 Å². The Bertz CT molecular complexity index is 1260. The Morgan fingerprint density at radius 1 is 0.939 bits per heavy atom. The van der Waals surface area contributed by atoms with Gasteiger partial charge in [0.2, 0.25) is 5.95 Å². The predicted octanol–water partition coefficient (Wildman–Crippen LogP) is 6.42. The van der Waals surface area contributed by atoms with Gasteiger partial charge in [-0.2, -0.15) is 18.2 Å². The molecule has 5 rings (SSSR count). The number of carbonyl (C=O) groups is 1. The number of para-hydroxylation sites is 1. The number of halogens is 3. The molecule has 170 valence electrons. The first-order chi connectivity index (χ1) is 15.8. The number of nitrogens with one attached hydrogen (secondary N) is 2. The topological polar surface area (TPSA) is 91.5 Å². The summed E-state index contributed by atoms with van der Waals surface area (Å²) < 4.78 is 41.0. The molecule has 3 N–H and O–H groups in total. The Balaban J connectivity index is 0.000000799. The van der Waals surface area contributed by atoms with Crippen LogP contribution in [0.5, 0.6) is 0 Å². The molecule has 1 aliphatic rings. The first-order valence-corrected chi connectivity index (χ1v) is 10.2. The van der Waals surface area contributed by atoms with Gasteiger partial charge in [-0.3, -0.25) is 5.32 Å². The highest BCUT2D eigenvalue weighted by atomic mass is 19.4. The number of anilines is 3. The molecule has 10 heteroatoms. The largest absolute Gasteiger partial charge is 0.465 e. The third-order valence-electron chi connectivity index (χ3n) is 4.63. The van der Waals surface area contributed by atoms with E-state index in [0.29, 0.717) is 11.3 Å². The molecule has 33 heavy (non-hydrogen) atoms. The maximum atomic E-state index is 13.2. The van der Waals surface area contributed by atoms with E-state index in [4.69, 9.17) is 5.11 Å². The molecule has 1 aliphatic carbocycles. The Hall–Kier alpha value is -4.08. The van der Waals surface area contributed by atoms with Crippen molar-refractivity contribution in [1.82, 2.24) is 14.6 Å². The molecule has 0 radical (unpaired) electrons. The highest BCUT2D eigenvalue weighted by Crippen LogP contribution is 2.35. The summed E-state index contributed by atoms with van der Waals surface area (Å²) in [5.41, 5.74) is 1.52. The predicted molar refractivity (Wildman–Crippen MR) is 119 cm³/mol. The van der Waals surface area contributed by atoms with Crippen molar-refractivity contribution in [1.29, 1.82) is 0 Å². The zero-order valence-electron chi connectivity index (χ0n) is 17.3. The number of rotatable bonds is 4. The lowest BCUT2D eigenvalue weighted by Crippen LogP contribution is -2.09. The molecule has 4 aromatic rings. The second-order valence-electron chi connectivity index (χ2n) is 7.39. The fraction of sp³-hybridized carbons (Fsp3) is 0.174. The molecule has 2 heterocycles. The van der Waals surface area contributed by atoms with Gasteiger partial charge < -0.3 is 10.4 Å². The van der Waals surface area contributed by atoms with Gasteiger partial charge >= 0.3 is 12.3 Å². The summed E-state index contributed by atoms with van der Waals surface area (Å²) in [5.74, 6) is 0.0323. The lowest BCUT2D eigenvalue weighted by atomic mass is 10.1. The minimum absolute atomic E-state index is 0.0323. The van der Waals surface area contributed by atoms with Crippen molar-refractivity contribution < 1.29 is 23.1 Å². The summed E-state index contributed by atoms with van der Waals surface area (Å²) >= 11 is 0. The molecule has 2 aromatic heterocycles. The number of amides is 1. The monoisotopic (exact) mass is 455 g/mol. The van der Waals surface area contributed by atoms with E-state index in [0.717, 1.165) is 17.2 Å². The van der Waals surface area contributed by atoms with Crippen LogP contribution in [0, 0.1) is 0 Å². The molecule has 2 aromatic carbocycles. The summed E-state index contributed by atoms with van der Waals surface area (Å²) in [6.07, 6.45) is 0.527. The number of pyridine rings is 1. The lowest BCUT2D eigenvalue weighted by molar-refractivity contribution is -0.136. The average molecular weight is 455 g/mol. The second-order valence-corrected chi connectivity index (χ2v) is 7.39. The third-order valence-corrected chi connectivity index (χ3v) is 4.63. The number of alkyl halides is 3. The van der Waals surface area contributed by atoms with Gasteiger partial charge in [0.25, 0.3) is 0 Å².